The monoisotopic (exact) mass is 155 g/mol. The predicted molar refractivity (Wildman–Crippen MR) is 41.4 cm³/mol. The SMILES string of the molecule is CN[C@@H](CC1(C)N=N1)C(C)=O. The van der Waals surface area contributed by atoms with E-state index in [0.29, 0.717) is 6.42 Å². The summed E-state index contributed by atoms with van der Waals surface area (Å²) < 4.78 is 0. The molecule has 1 N–H and O–H groups in total. The van der Waals surface area contributed by atoms with Gasteiger partial charge in [-0.25, -0.2) is 0 Å². The maximum atomic E-state index is 10.9. The van der Waals surface area contributed by atoms with E-state index in [1.165, 1.54) is 0 Å². The third kappa shape index (κ3) is 2.08. The van der Waals surface area contributed by atoms with Crippen LogP contribution in [0.1, 0.15) is 20.3 Å². The zero-order valence-corrected chi connectivity index (χ0v) is 7.09. The minimum Gasteiger partial charge on any atom is -0.310 e. The zero-order valence-electron chi connectivity index (χ0n) is 7.09. The van der Waals surface area contributed by atoms with Gasteiger partial charge < -0.3 is 5.32 Å². The number of carbonyl (C=O) groups excluding carboxylic acids is 1. The largest absolute Gasteiger partial charge is 0.310 e. The van der Waals surface area contributed by atoms with E-state index in [1.54, 1.807) is 14.0 Å². The van der Waals surface area contributed by atoms with E-state index in [-0.39, 0.29) is 17.5 Å². The lowest BCUT2D eigenvalue weighted by Crippen LogP contribution is -2.36. The molecule has 62 valence electrons. The Hall–Kier alpha value is -0.770. The number of hydrogen-bond donors (Lipinski definition) is 1. The number of likely N-dealkylation sites (N-methyl/N-ethyl adjacent to an activating group) is 1. The van der Waals surface area contributed by atoms with Crippen LogP contribution in [0.3, 0.4) is 0 Å². The Morgan fingerprint density at radius 2 is 2.18 bits per heavy atom. The summed E-state index contributed by atoms with van der Waals surface area (Å²) in [5, 5.41) is 10.6. The smallest absolute Gasteiger partial charge is 0.190 e. The van der Waals surface area contributed by atoms with Crippen molar-refractivity contribution in [2.45, 2.75) is 32.0 Å². The Morgan fingerprint density at radius 1 is 1.64 bits per heavy atom. The molecule has 1 heterocycles. The van der Waals surface area contributed by atoms with Gasteiger partial charge >= 0.3 is 0 Å². The third-order valence-corrected chi connectivity index (χ3v) is 1.87. The van der Waals surface area contributed by atoms with E-state index in [0.717, 1.165) is 0 Å². The standard InChI is InChI=1S/C7H13N3O/c1-5(11)6(8-3)4-7(2)9-10-7/h6,8H,4H2,1-3H3/t6-/m0/s1. The van der Waals surface area contributed by atoms with Crippen molar-refractivity contribution in [3.8, 4) is 0 Å². The second-order valence-electron chi connectivity index (χ2n) is 3.07. The third-order valence-electron chi connectivity index (χ3n) is 1.87. The average Bonchev–Trinajstić information content (AvgIpc) is 2.64. The minimum atomic E-state index is -0.278. The van der Waals surface area contributed by atoms with E-state index < -0.39 is 0 Å². The Kier molecular flexibility index (Phi) is 2.04. The van der Waals surface area contributed by atoms with Gasteiger partial charge in [-0.1, -0.05) is 0 Å². The maximum Gasteiger partial charge on any atom is 0.190 e. The molecule has 1 aliphatic rings. The molecule has 0 aromatic rings. The fourth-order valence-electron chi connectivity index (χ4n) is 1.00. The highest BCUT2D eigenvalue weighted by Gasteiger charge is 2.37. The Balaban J connectivity index is 2.38. The minimum absolute atomic E-state index is 0.102. The van der Waals surface area contributed by atoms with E-state index in [9.17, 15) is 4.79 Å². The van der Waals surface area contributed by atoms with Crippen LogP contribution in [0, 0.1) is 0 Å². The molecule has 0 spiro atoms. The summed E-state index contributed by atoms with van der Waals surface area (Å²) in [6.07, 6.45) is 0.679. The molecule has 4 heteroatoms. The van der Waals surface area contributed by atoms with Crippen molar-refractivity contribution in [3.05, 3.63) is 0 Å². The van der Waals surface area contributed by atoms with Crippen molar-refractivity contribution in [2.24, 2.45) is 10.2 Å². The molecule has 1 aliphatic heterocycles. The molecule has 0 saturated carbocycles. The van der Waals surface area contributed by atoms with Gasteiger partial charge in [0.2, 0.25) is 0 Å². The van der Waals surface area contributed by atoms with Gasteiger partial charge in [-0.05, 0) is 20.9 Å². The molecule has 0 aromatic heterocycles. The molecule has 1 atom stereocenters. The van der Waals surface area contributed by atoms with Crippen LogP contribution in [-0.2, 0) is 4.79 Å². The molecular formula is C7H13N3O. The summed E-state index contributed by atoms with van der Waals surface area (Å²) >= 11 is 0. The van der Waals surface area contributed by atoms with Crippen LogP contribution in [-0.4, -0.2) is 24.5 Å². The fraction of sp³-hybridized carbons (Fsp3) is 0.857. The van der Waals surface area contributed by atoms with Crippen LogP contribution < -0.4 is 5.32 Å². The molecule has 0 aliphatic carbocycles. The molecule has 0 bridgehead atoms. The second-order valence-corrected chi connectivity index (χ2v) is 3.07. The van der Waals surface area contributed by atoms with Crippen LogP contribution in [0.4, 0.5) is 0 Å². The number of carbonyl (C=O) groups is 1. The first kappa shape index (κ1) is 8.33. The van der Waals surface area contributed by atoms with E-state index >= 15 is 0 Å². The van der Waals surface area contributed by atoms with Crippen molar-refractivity contribution in [1.29, 1.82) is 0 Å². The number of nitrogens with one attached hydrogen (secondary N) is 1. The predicted octanol–water partition coefficient (Wildman–Crippen LogP) is 0.736. The van der Waals surface area contributed by atoms with Gasteiger partial charge in [0, 0.05) is 6.42 Å². The average molecular weight is 155 g/mol. The van der Waals surface area contributed by atoms with Crippen LogP contribution in [0.2, 0.25) is 0 Å². The Morgan fingerprint density at radius 3 is 2.45 bits per heavy atom. The number of rotatable bonds is 4. The Labute approximate surface area is 66.1 Å². The summed E-state index contributed by atoms with van der Waals surface area (Å²) in [7, 11) is 1.78. The first-order chi connectivity index (χ1) is 5.07. The highest BCUT2D eigenvalue weighted by Crippen LogP contribution is 2.31. The van der Waals surface area contributed by atoms with Gasteiger partial charge in [-0.2, -0.15) is 10.2 Å². The first-order valence-corrected chi connectivity index (χ1v) is 3.69. The highest BCUT2D eigenvalue weighted by atomic mass is 16.1. The van der Waals surface area contributed by atoms with E-state index in [1.807, 2.05) is 6.92 Å². The van der Waals surface area contributed by atoms with Gasteiger partial charge in [0.15, 0.2) is 5.66 Å². The zero-order chi connectivity index (χ0) is 8.48. The van der Waals surface area contributed by atoms with Crippen LogP contribution >= 0.6 is 0 Å². The number of Topliss-reactive ketones (excluding diaryl/α,β-unsaturated/α-hetero) is 1. The molecule has 0 radical (unpaired) electrons. The van der Waals surface area contributed by atoms with Crippen molar-refractivity contribution in [1.82, 2.24) is 5.32 Å². The summed E-state index contributed by atoms with van der Waals surface area (Å²) in [6.45, 7) is 3.49. The van der Waals surface area contributed by atoms with Gasteiger partial charge in [-0.15, -0.1) is 0 Å². The van der Waals surface area contributed by atoms with Crippen LogP contribution in [0.5, 0.6) is 0 Å². The first-order valence-electron chi connectivity index (χ1n) is 3.69. The van der Waals surface area contributed by atoms with E-state index in [2.05, 4.69) is 15.5 Å². The van der Waals surface area contributed by atoms with E-state index in [4.69, 9.17) is 0 Å². The lowest BCUT2D eigenvalue weighted by atomic mass is 10.0. The molecule has 0 saturated heterocycles. The fourth-order valence-corrected chi connectivity index (χ4v) is 1.00. The number of nitrogens with zero attached hydrogens (tertiary/aromatic N) is 2. The second kappa shape index (κ2) is 2.70. The quantitative estimate of drug-likeness (QED) is 0.650. The number of hydrogen-bond acceptors (Lipinski definition) is 4. The summed E-state index contributed by atoms with van der Waals surface area (Å²) in [5.74, 6) is 0.144. The topological polar surface area (TPSA) is 53.8 Å². The summed E-state index contributed by atoms with van der Waals surface area (Å²) in [4.78, 5) is 10.9. The molecule has 11 heavy (non-hydrogen) atoms. The molecular weight excluding hydrogens is 142 g/mol. The molecule has 0 aromatic carbocycles. The van der Waals surface area contributed by atoms with Crippen molar-refractivity contribution in [3.63, 3.8) is 0 Å². The lowest BCUT2D eigenvalue weighted by Gasteiger charge is -2.13. The van der Waals surface area contributed by atoms with Crippen molar-refractivity contribution < 1.29 is 4.79 Å². The van der Waals surface area contributed by atoms with Gasteiger partial charge in [-0.3, -0.25) is 4.79 Å². The highest BCUT2D eigenvalue weighted by molar-refractivity contribution is 5.81. The molecule has 4 nitrogen and oxygen atoms in total. The summed E-state index contributed by atoms with van der Waals surface area (Å²) in [5.41, 5.74) is -0.278. The van der Waals surface area contributed by atoms with Crippen LogP contribution in [0.15, 0.2) is 10.2 Å². The van der Waals surface area contributed by atoms with Gasteiger partial charge in [0.05, 0.1) is 6.04 Å². The van der Waals surface area contributed by atoms with Gasteiger partial charge in [0.25, 0.3) is 0 Å². The molecule has 0 fully saturated rings. The van der Waals surface area contributed by atoms with Crippen LogP contribution in [0.25, 0.3) is 0 Å². The molecule has 1 rings (SSSR count). The lowest BCUT2D eigenvalue weighted by molar-refractivity contribution is -0.119. The maximum absolute atomic E-state index is 10.9. The molecule has 0 unspecified atom stereocenters. The molecule has 0 amide bonds. The van der Waals surface area contributed by atoms with Gasteiger partial charge in [0.1, 0.15) is 5.78 Å². The Bertz CT molecular complexity index is 194. The van der Waals surface area contributed by atoms with Crippen molar-refractivity contribution >= 4 is 5.78 Å². The number of ketones is 1. The van der Waals surface area contributed by atoms with Crippen molar-refractivity contribution in [2.75, 3.05) is 7.05 Å². The normalized spacial score (nSPS) is 21.4. The summed E-state index contributed by atoms with van der Waals surface area (Å²) in [6, 6.07) is -0.102.